The molecule has 1 aliphatic carbocycles. The van der Waals surface area contributed by atoms with Crippen LogP contribution in [0, 0.1) is 5.41 Å². The molecule has 0 unspecified atom stereocenters. The van der Waals surface area contributed by atoms with Crippen LogP contribution in [0.2, 0.25) is 5.02 Å². The van der Waals surface area contributed by atoms with E-state index < -0.39 is 21.8 Å². The SMILES string of the molecule is CC(C)(C)Cc1cn(CCNS(=O)(=O)C2CC2)c2ccc(-c3ccc(C(F)(F)F)cc3Cl)cc12. The third-order valence-corrected chi connectivity index (χ3v) is 8.18. The highest BCUT2D eigenvalue weighted by molar-refractivity contribution is 7.90. The summed E-state index contributed by atoms with van der Waals surface area (Å²) in [4.78, 5) is 0. The van der Waals surface area contributed by atoms with Gasteiger partial charge in [0.25, 0.3) is 0 Å². The Morgan fingerprint density at radius 3 is 2.38 bits per heavy atom. The zero-order chi connectivity index (χ0) is 24.9. The Morgan fingerprint density at radius 2 is 1.79 bits per heavy atom. The van der Waals surface area contributed by atoms with Crippen LogP contribution in [0.15, 0.2) is 42.6 Å². The van der Waals surface area contributed by atoms with E-state index in [0.29, 0.717) is 31.5 Å². The Hall–Kier alpha value is -2.03. The second-order valence-electron chi connectivity index (χ2n) is 10.1. The van der Waals surface area contributed by atoms with E-state index in [4.69, 9.17) is 11.6 Å². The molecule has 0 aliphatic heterocycles. The maximum Gasteiger partial charge on any atom is 0.416 e. The first-order chi connectivity index (χ1) is 15.7. The molecule has 0 amide bonds. The Balaban J connectivity index is 1.68. The minimum Gasteiger partial charge on any atom is -0.346 e. The minimum absolute atomic E-state index is 0.00861. The van der Waals surface area contributed by atoms with Gasteiger partial charge in [-0.05, 0) is 60.1 Å². The van der Waals surface area contributed by atoms with E-state index in [1.807, 2.05) is 29.0 Å². The van der Waals surface area contributed by atoms with Crippen LogP contribution < -0.4 is 4.72 Å². The molecule has 4 nitrogen and oxygen atoms in total. The first kappa shape index (κ1) is 25.1. The number of benzene rings is 2. The first-order valence-corrected chi connectivity index (χ1v) is 13.1. The molecule has 1 fully saturated rings. The molecule has 34 heavy (non-hydrogen) atoms. The second-order valence-corrected chi connectivity index (χ2v) is 12.6. The highest BCUT2D eigenvalue weighted by atomic mass is 35.5. The summed E-state index contributed by atoms with van der Waals surface area (Å²) in [5.41, 5.74) is 2.52. The number of alkyl halides is 3. The Kier molecular flexibility index (Phi) is 6.55. The molecule has 0 saturated heterocycles. The topological polar surface area (TPSA) is 51.1 Å². The summed E-state index contributed by atoms with van der Waals surface area (Å²) in [5, 5.41) is 0.760. The summed E-state index contributed by atoms with van der Waals surface area (Å²) >= 11 is 6.24. The average Bonchev–Trinajstić information content (AvgIpc) is 3.52. The van der Waals surface area contributed by atoms with Crippen LogP contribution in [0.1, 0.15) is 44.7 Å². The van der Waals surface area contributed by atoms with Gasteiger partial charge in [0.2, 0.25) is 10.0 Å². The van der Waals surface area contributed by atoms with Crippen molar-refractivity contribution in [2.75, 3.05) is 6.54 Å². The van der Waals surface area contributed by atoms with Crippen LogP contribution in [0.3, 0.4) is 0 Å². The lowest BCUT2D eigenvalue weighted by atomic mass is 9.87. The summed E-state index contributed by atoms with van der Waals surface area (Å²) in [6.07, 6.45) is -0.197. The third kappa shape index (κ3) is 5.61. The van der Waals surface area contributed by atoms with Gasteiger partial charge in [0.1, 0.15) is 0 Å². The van der Waals surface area contributed by atoms with Crippen molar-refractivity contribution in [3.63, 3.8) is 0 Å². The van der Waals surface area contributed by atoms with E-state index in [9.17, 15) is 21.6 Å². The quantitative estimate of drug-likeness (QED) is 0.385. The molecular weight excluding hydrogens is 485 g/mol. The van der Waals surface area contributed by atoms with Crippen LogP contribution in [0.5, 0.6) is 0 Å². The fourth-order valence-electron chi connectivity index (χ4n) is 4.17. The Morgan fingerprint density at radius 1 is 1.09 bits per heavy atom. The van der Waals surface area contributed by atoms with Gasteiger partial charge in [-0.25, -0.2) is 13.1 Å². The van der Waals surface area contributed by atoms with Crippen molar-refractivity contribution >= 4 is 32.5 Å². The monoisotopic (exact) mass is 512 g/mol. The standard InChI is InChI=1S/C25H28ClF3N2O2S/c1-24(2,3)14-17-15-31(11-10-30-34(32,33)19-6-7-19)23-9-4-16(12-21(17)23)20-8-5-18(13-22(20)26)25(27,28)29/h4-5,8-9,12-13,15,19,30H,6-7,10-11,14H2,1-3H3. The van der Waals surface area contributed by atoms with Crippen molar-refractivity contribution in [2.45, 2.75) is 58.0 Å². The van der Waals surface area contributed by atoms with Crippen molar-refractivity contribution in [2.24, 2.45) is 5.41 Å². The lowest BCUT2D eigenvalue weighted by Gasteiger charge is -2.17. The molecule has 4 rings (SSSR count). The lowest BCUT2D eigenvalue weighted by Crippen LogP contribution is -2.30. The Labute approximate surface area is 203 Å². The lowest BCUT2D eigenvalue weighted by molar-refractivity contribution is -0.137. The zero-order valence-electron chi connectivity index (χ0n) is 19.3. The Bertz CT molecular complexity index is 1320. The molecule has 1 saturated carbocycles. The number of sulfonamides is 1. The molecule has 1 aliphatic rings. The molecule has 0 atom stereocenters. The molecule has 1 N–H and O–H groups in total. The highest BCUT2D eigenvalue weighted by Gasteiger charge is 2.35. The normalized spacial score (nSPS) is 15.3. The molecule has 1 aromatic heterocycles. The highest BCUT2D eigenvalue weighted by Crippen LogP contribution is 2.38. The number of hydrogen-bond acceptors (Lipinski definition) is 2. The summed E-state index contributed by atoms with van der Waals surface area (Å²) in [6, 6.07) is 9.10. The smallest absolute Gasteiger partial charge is 0.346 e. The van der Waals surface area contributed by atoms with Crippen LogP contribution in [-0.2, 0) is 29.2 Å². The van der Waals surface area contributed by atoms with Gasteiger partial charge < -0.3 is 4.57 Å². The second kappa shape index (κ2) is 8.88. The predicted octanol–water partition coefficient (Wildman–Crippen LogP) is 6.65. The van der Waals surface area contributed by atoms with E-state index in [0.717, 1.165) is 40.6 Å². The van der Waals surface area contributed by atoms with Crippen LogP contribution in [-0.4, -0.2) is 24.8 Å². The number of rotatable bonds is 7. The molecule has 0 bridgehead atoms. The van der Waals surface area contributed by atoms with E-state index in [2.05, 4.69) is 25.5 Å². The average molecular weight is 513 g/mol. The van der Waals surface area contributed by atoms with Crippen molar-refractivity contribution in [3.05, 3.63) is 58.7 Å². The maximum atomic E-state index is 13.0. The van der Waals surface area contributed by atoms with Gasteiger partial charge in [-0.3, -0.25) is 0 Å². The van der Waals surface area contributed by atoms with E-state index in [-0.39, 0.29) is 15.7 Å². The van der Waals surface area contributed by atoms with Crippen LogP contribution in [0.25, 0.3) is 22.0 Å². The van der Waals surface area contributed by atoms with Crippen molar-refractivity contribution < 1.29 is 21.6 Å². The number of nitrogens with one attached hydrogen (secondary N) is 1. The molecule has 9 heteroatoms. The number of fused-ring (bicyclic) bond motifs is 1. The van der Waals surface area contributed by atoms with Gasteiger partial charge in [-0.15, -0.1) is 0 Å². The fourth-order valence-corrected chi connectivity index (χ4v) is 5.82. The van der Waals surface area contributed by atoms with Gasteiger partial charge in [0.05, 0.1) is 10.8 Å². The van der Waals surface area contributed by atoms with E-state index in [1.165, 1.54) is 6.07 Å². The van der Waals surface area contributed by atoms with Gasteiger partial charge in [0, 0.05) is 40.8 Å². The molecule has 2 aromatic carbocycles. The first-order valence-electron chi connectivity index (χ1n) is 11.2. The molecule has 0 spiro atoms. The number of hydrogen-bond donors (Lipinski definition) is 1. The summed E-state index contributed by atoms with van der Waals surface area (Å²) in [6.45, 7) is 7.18. The fraction of sp³-hybridized carbons (Fsp3) is 0.440. The number of halogens is 4. The molecule has 184 valence electrons. The summed E-state index contributed by atoms with van der Waals surface area (Å²) in [5.74, 6) is 0. The maximum absolute atomic E-state index is 13.0. The molecule has 3 aromatic rings. The third-order valence-electron chi connectivity index (χ3n) is 5.91. The molecule has 1 heterocycles. The molecular formula is C25H28ClF3N2O2S. The van der Waals surface area contributed by atoms with Crippen molar-refractivity contribution in [3.8, 4) is 11.1 Å². The summed E-state index contributed by atoms with van der Waals surface area (Å²) in [7, 11) is -3.25. The van der Waals surface area contributed by atoms with Gasteiger partial charge >= 0.3 is 6.18 Å². The largest absolute Gasteiger partial charge is 0.416 e. The predicted molar refractivity (Wildman–Crippen MR) is 130 cm³/mol. The summed E-state index contributed by atoms with van der Waals surface area (Å²) < 4.78 is 68.2. The number of aromatic nitrogens is 1. The van der Waals surface area contributed by atoms with Gasteiger partial charge in [-0.2, -0.15) is 13.2 Å². The van der Waals surface area contributed by atoms with Gasteiger partial charge in [0.15, 0.2) is 0 Å². The zero-order valence-corrected chi connectivity index (χ0v) is 20.9. The van der Waals surface area contributed by atoms with Crippen LogP contribution >= 0.6 is 11.6 Å². The van der Waals surface area contributed by atoms with E-state index >= 15 is 0 Å². The van der Waals surface area contributed by atoms with Crippen LogP contribution in [0.4, 0.5) is 13.2 Å². The minimum atomic E-state index is -4.45. The van der Waals surface area contributed by atoms with Gasteiger partial charge in [-0.1, -0.05) is 44.5 Å². The van der Waals surface area contributed by atoms with Crippen molar-refractivity contribution in [1.82, 2.24) is 9.29 Å². The molecule has 0 radical (unpaired) electrons. The van der Waals surface area contributed by atoms with E-state index in [1.54, 1.807) is 0 Å². The van der Waals surface area contributed by atoms with Crippen molar-refractivity contribution in [1.29, 1.82) is 0 Å². The number of nitrogens with zero attached hydrogens (tertiary/aromatic N) is 1.